The molecule has 0 aliphatic heterocycles. The van der Waals surface area contributed by atoms with Crippen LogP contribution in [0.1, 0.15) is 6.42 Å². The number of hydrogen-bond donors (Lipinski definition) is 1. The predicted octanol–water partition coefficient (Wildman–Crippen LogP) is 4.56. The molecule has 2 aromatic heterocycles. The third-order valence-electron chi connectivity index (χ3n) is 4.69. The van der Waals surface area contributed by atoms with Crippen LogP contribution < -0.4 is 10.9 Å². The number of benzene rings is 2. The number of carbonyl (C=O) groups excluding carboxylic acids is 1. The average Bonchev–Trinajstić information content (AvgIpc) is 3.22. The van der Waals surface area contributed by atoms with Crippen molar-refractivity contribution < 1.29 is 9.18 Å². The van der Waals surface area contributed by atoms with Gasteiger partial charge in [-0.2, -0.15) is 0 Å². The van der Waals surface area contributed by atoms with Gasteiger partial charge in [-0.1, -0.05) is 30.3 Å². The maximum atomic E-state index is 13.2. The molecular weight excluding hydrogens is 433 g/mol. The van der Waals surface area contributed by atoms with E-state index in [1.807, 2.05) is 23.6 Å². The first kappa shape index (κ1) is 21.3. The molecule has 4 rings (SSSR count). The van der Waals surface area contributed by atoms with Crippen LogP contribution in [0.15, 0.2) is 76.0 Å². The quantitative estimate of drug-likeness (QED) is 0.314. The summed E-state index contributed by atoms with van der Waals surface area (Å²) < 4.78 is 14.6. The molecule has 31 heavy (non-hydrogen) atoms. The molecule has 0 radical (unpaired) electrons. The maximum Gasteiger partial charge on any atom is 0.263 e. The highest BCUT2D eigenvalue weighted by molar-refractivity contribution is 7.99. The minimum absolute atomic E-state index is 0.0910. The first-order valence-electron chi connectivity index (χ1n) is 9.79. The second kappa shape index (κ2) is 9.89. The molecule has 1 amide bonds. The number of hydrogen-bond acceptors (Lipinski definition) is 5. The Morgan fingerprint density at radius 1 is 1.13 bits per heavy atom. The molecule has 5 nitrogen and oxygen atoms in total. The normalized spacial score (nSPS) is 11.0. The molecule has 1 N–H and O–H groups in total. The van der Waals surface area contributed by atoms with E-state index in [1.165, 1.54) is 39.3 Å². The summed E-state index contributed by atoms with van der Waals surface area (Å²) in [7, 11) is 0. The van der Waals surface area contributed by atoms with E-state index < -0.39 is 0 Å². The summed E-state index contributed by atoms with van der Waals surface area (Å²) in [5, 5.41) is 5.14. The number of nitrogens with one attached hydrogen (secondary N) is 1. The number of rotatable bonds is 8. The first-order valence-corrected chi connectivity index (χ1v) is 11.7. The van der Waals surface area contributed by atoms with Crippen molar-refractivity contribution in [3.63, 3.8) is 0 Å². The van der Waals surface area contributed by atoms with Crippen LogP contribution in [0.5, 0.6) is 0 Å². The number of nitrogens with zero attached hydrogens (tertiary/aromatic N) is 2. The lowest BCUT2D eigenvalue weighted by atomic mass is 10.1. The Morgan fingerprint density at radius 3 is 2.68 bits per heavy atom. The van der Waals surface area contributed by atoms with Gasteiger partial charge in [0.1, 0.15) is 17.2 Å². The zero-order chi connectivity index (χ0) is 21.6. The zero-order valence-electron chi connectivity index (χ0n) is 16.6. The van der Waals surface area contributed by atoms with Crippen LogP contribution in [0.3, 0.4) is 0 Å². The molecule has 0 spiro atoms. The van der Waals surface area contributed by atoms with E-state index >= 15 is 0 Å². The summed E-state index contributed by atoms with van der Waals surface area (Å²) in [4.78, 5) is 31.4. The van der Waals surface area contributed by atoms with E-state index in [0.29, 0.717) is 22.3 Å². The minimum atomic E-state index is -0.335. The second-order valence-electron chi connectivity index (χ2n) is 6.88. The summed E-state index contributed by atoms with van der Waals surface area (Å²) >= 11 is 3.09. The molecule has 0 aliphatic rings. The second-order valence-corrected chi connectivity index (χ2v) is 8.91. The molecular formula is C23H20FN3O2S2. The zero-order valence-corrected chi connectivity index (χ0v) is 18.2. The highest BCUT2D eigenvalue weighted by atomic mass is 32.2. The van der Waals surface area contributed by atoms with Crippen LogP contribution in [0.4, 0.5) is 4.39 Å². The van der Waals surface area contributed by atoms with Crippen LogP contribution in [-0.4, -0.2) is 27.8 Å². The maximum absolute atomic E-state index is 13.2. The molecule has 0 aliphatic carbocycles. The lowest BCUT2D eigenvalue weighted by Crippen LogP contribution is -2.33. The van der Waals surface area contributed by atoms with E-state index in [9.17, 15) is 14.0 Å². The summed E-state index contributed by atoms with van der Waals surface area (Å²) in [5.74, 6) is 0.331. The van der Waals surface area contributed by atoms with Crippen LogP contribution in [0, 0.1) is 5.82 Å². The van der Waals surface area contributed by atoms with Crippen LogP contribution in [0.2, 0.25) is 0 Å². The fourth-order valence-electron chi connectivity index (χ4n) is 3.14. The summed E-state index contributed by atoms with van der Waals surface area (Å²) in [6, 6.07) is 16.1. The molecule has 2 aromatic carbocycles. The molecule has 0 fully saturated rings. The highest BCUT2D eigenvalue weighted by Gasteiger charge is 2.14. The average molecular weight is 454 g/mol. The van der Waals surface area contributed by atoms with Crippen LogP contribution in [0.25, 0.3) is 21.3 Å². The molecule has 0 unspecified atom stereocenters. The third kappa shape index (κ3) is 5.21. The van der Waals surface area contributed by atoms with Gasteiger partial charge in [-0.15, -0.1) is 23.1 Å². The van der Waals surface area contributed by atoms with Crippen molar-refractivity contribution in [1.82, 2.24) is 14.9 Å². The van der Waals surface area contributed by atoms with Gasteiger partial charge in [0.2, 0.25) is 5.91 Å². The minimum Gasteiger partial charge on any atom is -0.355 e. The summed E-state index contributed by atoms with van der Waals surface area (Å²) in [6.07, 6.45) is 2.23. The number of thioether (sulfide) groups is 1. The van der Waals surface area contributed by atoms with Crippen molar-refractivity contribution in [3.05, 3.63) is 82.5 Å². The van der Waals surface area contributed by atoms with E-state index in [2.05, 4.69) is 22.4 Å². The largest absolute Gasteiger partial charge is 0.355 e. The highest BCUT2D eigenvalue weighted by Crippen LogP contribution is 2.30. The van der Waals surface area contributed by atoms with Crippen LogP contribution >= 0.6 is 23.1 Å². The molecule has 2 heterocycles. The molecule has 0 saturated carbocycles. The Kier molecular flexibility index (Phi) is 6.79. The van der Waals surface area contributed by atoms with Gasteiger partial charge < -0.3 is 5.32 Å². The van der Waals surface area contributed by atoms with E-state index in [-0.39, 0.29) is 23.8 Å². The summed E-state index contributed by atoms with van der Waals surface area (Å²) in [6.45, 7) is 0.453. The van der Waals surface area contributed by atoms with Crippen molar-refractivity contribution >= 4 is 39.2 Å². The Morgan fingerprint density at radius 2 is 1.90 bits per heavy atom. The van der Waals surface area contributed by atoms with Gasteiger partial charge >= 0.3 is 0 Å². The molecule has 0 atom stereocenters. The third-order valence-corrected chi connectivity index (χ3v) is 6.67. The lowest BCUT2D eigenvalue weighted by molar-refractivity contribution is -0.121. The molecule has 158 valence electrons. The van der Waals surface area contributed by atoms with Gasteiger partial charge in [0.15, 0.2) is 0 Å². The fourth-order valence-corrected chi connectivity index (χ4v) is 4.92. The Labute approximate surface area is 187 Å². The number of thiophene rings is 1. The molecule has 4 aromatic rings. The van der Waals surface area contributed by atoms with E-state index in [4.69, 9.17) is 0 Å². The smallest absolute Gasteiger partial charge is 0.263 e. The summed E-state index contributed by atoms with van der Waals surface area (Å²) in [5.41, 5.74) is 1.16. The number of aromatic nitrogens is 2. The van der Waals surface area contributed by atoms with Crippen molar-refractivity contribution in [2.45, 2.75) is 17.9 Å². The monoisotopic (exact) mass is 453 g/mol. The lowest BCUT2D eigenvalue weighted by Gasteiger charge is -2.08. The van der Waals surface area contributed by atoms with Gasteiger partial charge in [0.25, 0.3) is 5.56 Å². The molecule has 0 saturated heterocycles. The van der Waals surface area contributed by atoms with Gasteiger partial charge in [0, 0.05) is 22.4 Å². The standard InChI is InChI=1S/C23H20FN3O2S2/c24-17-9-7-16(8-10-17)19-14-31-22-21(19)23(29)27(15-26-22)13-20(28)25-11-4-12-30-18-5-2-1-3-6-18/h1-3,5-10,14-15H,4,11-13H2,(H,25,28). The predicted molar refractivity (Wildman–Crippen MR) is 124 cm³/mol. The van der Waals surface area contributed by atoms with Crippen molar-refractivity contribution in [2.24, 2.45) is 0 Å². The first-order chi connectivity index (χ1) is 15.1. The fraction of sp³-hybridized carbons (Fsp3) is 0.174. The van der Waals surface area contributed by atoms with E-state index in [0.717, 1.165) is 17.7 Å². The SMILES string of the molecule is O=C(Cn1cnc2scc(-c3ccc(F)cc3)c2c1=O)NCCCSc1ccccc1. The number of amides is 1. The van der Waals surface area contributed by atoms with Crippen molar-refractivity contribution in [3.8, 4) is 11.1 Å². The van der Waals surface area contributed by atoms with Gasteiger partial charge in [-0.05, 0) is 42.0 Å². The number of halogens is 1. The van der Waals surface area contributed by atoms with Crippen molar-refractivity contribution in [1.29, 1.82) is 0 Å². The van der Waals surface area contributed by atoms with Gasteiger partial charge in [-0.25, -0.2) is 9.37 Å². The topological polar surface area (TPSA) is 64.0 Å². The van der Waals surface area contributed by atoms with Gasteiger partial charge in [-0.3, -0.25) is 14.2 Å². The van der Waals surface area contributed by atoms with Gasteiger partial charge in [0.05, 0.1) is 11.7 Å². The number of fused-ring (bicyclic) bond motifs is 1. The van der Waals surface area contributed by atoms with Crippen molar-refractivity contribution in [2.75, 3.05) is 12.3 Å². The van der Waals surface area contributed by atoms with E-state index in [1.54, 1.807) is 23.9 Å². The van der Waals surface area contributed by atoms with Crippen LogP contribution in [-0.2, 0) is 11.3 Å². The Bertz CT molecular complexity index is 1240. The number of carbonyl (C=O) groups is 1. The Hall–Kier alpha value is -2.97. The Balaban J connectivity index is 1.38. The molecule has 0 bridgehead atoms. The molecule has 8 heteroatoms.